The molecule has 1 heterocycles. The summed E-state index contributed by atoms with van der Waals surface area (Å²) in [4.78, 5) is 7.84. The molecule has 0 radical (unpaired) electrons. The van der Waals surface area contributed by atoms with E-state index in [4.69, 9.17) is 26.4 Å². The van der Waals surface area contributed by atoms with Crippen molar-refractivity contribution in [2.75, 3.05) is 12.4 Å². The molecule has 0 fully saturated rings. The van der Waals surface area contributed by atoms with Gasteiger partial charge in [-0.05, 0) is 35.5 Å². The van der Waals surface area contributed by atoms with Crippen LogP contribution in [0.5, 0.6) is 11.8 Å². The van der Waals surface area contributed by atoms with Gasteiger partial charge in [0.05, 0.1) is 13.3 Å². The molecule has 28 heavy (non-hydrogen) atoms. The first kappa shape index (κ1) is 19.5. The number of aromatic nitrogens is 2. The van der Waals surface area contributed by atoms with E-state index in [1.807, 2.05) is 54.6 Å². The predicted octanol–water partition coefficient (Wildman–Crippen LogP) is 4.12. The normalized spacial score (nSPS) is 10.2. The van der Waals surface area contributed by atoms with Gasteiger partial charge >= 0.3 is 6.01 Å². The average molecular weight is 399 g/mol. The lowest BCUT2D eigenvalue weighted by Crippen LogP contribution is -2.16. The van der Waals surface area contributed by atoms with Crippen molar-refractivity contribution in [3.05, 3.63) is 77.7 Å². The lowest BCUT2D eigenvalue weighted by molar-refractivity contribution is 0.279. The number of nitrogens with one attached hydrogen (secondary N) is 1. The first-order chi connectivity index (χ1) is 13.6. The zero-order valence-electron chi connectivity index (χ0n) is 15.1. The maximum absolute atomic E-state index is 14.0. The Hall–Kier alpha value is -3.26. The minimum absolute atomic E-state index is 0.000184. The van der Waals surface area contributed by atoms with Crippen molar-refractivity contribution in [3.63, 3.8) is 0 Å². The average Bonchev–Trinajstić information content (AvgIpc) is 2.73. The molecule has 0 atom stereocenters. The summed E-state index contributed by atoms with van der Waals surface area (Å²) in [6, 6.07) is 16.9. The van der Waals surface area contributed by atoms with E-state index in [0.717, 1.165) is 17.3 Å². The van der Waals surface area contributed by atoms with Gasteiger partial charge < -0.3 is 14.2 Å². The SMILES string of the molecule is COc1cccc(COc2ncc(F)c(NC(=S)OCc3ccccc3)n2)c1. The highest BCUT2D eigenvalue weighted by atomic mass is 32.1. The molecule has 0 unspecified atom stereocenters. The van der Waals surface area contributed by atoms with E-state index in [1.165, 1.54) is 0 Å². The zero-order valence-corrected chi connectivity index (χ0v) is 15.9. The van der Waals surface area contributed by atoms with Gasteiger partial charge in [-0.1, -0.05) is 42.5 Å². The molecule has 1 N–H and O–H groups in total. The van der Waals surface area contributed by atoms with Crippen LogP contribution in [0.15, 0.2) is 60.8 Å². The van der Waals surface area contributed by atoms with Crippen molar-refractivity contribution >= 4 is 23.2 Å². The van der Waals surface area contributed by atoms with E-state index in [-0.39, 0.29) is 30.2 Å². The van der Waals surface area contributed by atoms with Crippen LogP contribution < -0.4 is 14.8 Å². The van der Waals surface area contributed by atoms with Crippen molar-refractivity contribution in [2.45, 2.75) is 13.2 Å². The largest absolute Gasteiger partial charge is 0.497 e. The van der Waals surface area contributed by atoms with Crippen LogP contribution in [0.4, 0.5) is 10.2 Å². The quantitative estimate of drug-likeness (QED) is 0.600. The van der Waals surface area contributed by atoms with E-state index in [2.05, 4.69) is 15.3 Å². The number of anilines is 1. The molecule has 3 aromatic rings. The van der Waals surface area contributed by atoms with Gasteiger partial charge in [0.2, 0.25) is 0 Å². The van der Waals surface area contributed by atoms with E-state index < -0.39 is 5.82 Å². The van der Waals surface area contributed by atoms with E-state index in [0.29, 0.717) is 5.75 Å². The second kappa shape index (κ2) is 9.61. The summed E-state index contributed by atoms with van der Waals surface area (Å²) in [6.07, 6.45) is 1.01. The van der Waals surface area contributed by atoms with Gasteiger partial charge in [0.1, 0.15) is 19.0 Å². The number of nitrogens with zero attached hydrogens (tertiary/aromatic N) is 2. The van der Waals surface area contributed by atoms with Crippen LogP contribution in [0.25, 0.3) is 0 Å². The molecule has 8 heteroatoms. The molecule has 0 saturated carbocycles. The number of ether oxygens (including phenoxy) is 3. The summed E-state index contributed by atoms with van der Waals surface area (Å²) >= 11 is 5.09. The van der Waals surface area contributed by atoms with Crippen LogP contribution in [-0.2, 0) is 18.0 Å². The standard InChI is InChI=1S/C20H18FN3O3S/c1-25-16-9-5-8-15(10-16)13-26-19-22-11-17(21)18(23-19)24-20(28)27-12-14-6-3-2-4-7-14/h2-11H,12-13H2,1H3,(H,22,23,24,28). The van der Waals surface area contributed by atoms with Gasteiger partial charge in [-0.2, -0.15) is 4.98 Å². The molecule has 0 aliphatic heterocycles. The van der Waals surface area contributed by atoms with Gasteiger partial charge in [0.15, 0.2) is 11.6 Å². The second-order valence-corrected chi connectivity index (χ2v) is 6.05. The van der Waals surface area contributed by atoms with Crippen molar-refractivity contribution in [1.29, 1.82) is 0 Å². The Kier molecular flexibility index (Phi) is 6.69. The molecule has 2 aromatic carbocycles. The lowest BCUT2D eigenvalue weighted by Gasteiger charge is -2.11. The van der Waals surface area contributed by atoms with Crippen LogP contribution >= 0.6 is 12.2 Å². The fraction of sp³-hybridized carbons (Fsp3) is 0.150. The first-order valence-corrected chi connectivity index (χ1v) is 8.81. The highest BCUT2D eigenvalue weighted by molar-refractivity contribution is 7.80. The fourth-order valence-electron chi connectivity index (χ4n) is 2.27. The molecule has 0 bridgehead atoms. The van der Waals surface area contributed by atoms with Gasteiger partial charge in [-0.3, -0.25) is 5.32 Å². The van der Waals surface area contributed by atoms with Crippen molar-refractivity contribution in [1.82, 2.24) is 9.97 Å². The molecule has 0 amide bonds. The topological polar surface area (TPSA) is 65.5 Å². The zero-order chi connectivity index (χ0) is 19.8. The van der Waals surface area contributed by atoms with Crippen LogP contribution in [0, 0.1) is 5.82 Å². The Morgan fingerprint density at radius 3 is 2.64 bits per heavy atom. The minimum Gasteiger partial charge on any atom is -0.497 e. The Labute approximate surface area is 167 Å². The Bertz CT molecular complexity index is 941. The van der Waals surface area contributed by atoms with E-state index in [1.54, 1.807) is 7.11 Å². The Balaban J connectivity index is 1.58. The molecule has 0 aliphatic carbocycles. The van der Waals surface area contributed by atoms with Gasteiger partial charge in [-0.25, -0.2) is 9.37 Å². The minimum atomic E-state index is -0.667. The number of hydrogen-bond donors (Lipinski definition) is 1. The molecule has 1 aromatic heterocycles. The summed E-state index contributed by atoms with van der Waals surface area (Å²) < 4.78 is 30.1. The van der Waals surface area contributed by atoms with E-state index >= 15 is 0 Å². The summed E-state index contributed by atoms with van der Waals surface area (Å²) in [5, 5.41) is 2.62. The van der Waals surface area contributed by atoms with Crippen molar-refractivity contribution in [2.24, 2.45) is 0 Å². The molecule has 0 aliphatic rings. The molecule has 144 valence electrons. The predicted molar refractivity (Wildman–Crippen MR) is 107 cm³/mol. The van der Waals surface area contributed by atoms with Crippen LogP contribution in [-0.4, -0.2) is 22.3 Å². The van der Waals surface area contributed by atoms with Gasteiger partial charge in [0.25, 0.3) is 5.17 Å². The van der Waals surface area contributed by atoms with Crippen molar-refractivity contribution in [3.8, 4) is 11.8 Å². The fourth-order valence-corrected chi connectivity index (χ4v) is 2.43. The summed E-state index contributed by atoms with van der Waals surface area (Å²) in [7, 11) is 1.59. The third-order valence-electron chi connectivity index (χ3n) is 3.66. The number of halogens is 1. The van der Waals surface area contributed by atoms with Crippen molar-refractivity contribution < 1.29 is 18.6 Å². The lowest BCUT2D eigenvalue weighted by atomic mass is 10.2. The monoisotopic (exact) mass is 399 g/mol. The third-order valence-corrected chi connectivity index (χ3v) is 3.88. The number of hydrogen-bond acceptors (Lipinski definition) is 6. The number of thiocarbonyl (C=S) groups is 1. The summed E-state index contributed by atoms with van der Waals surface area (Å²) in [5.41, 5.74) is 1.81. The van der Waals surface area contributed by atoms with Gasteiger partial charge in [0, 0.05) is 0 Å². The molecule has 6 nitrogen and oxygen atoms in total. The molecular weight excluding hydrogens is 381 g/mol. The summed E-state index contributed by atoms with van der Waals surface area (Å²) in [6.45, 7) is 0.468. The Morgan fingerprint density at radius 2 is 1.86 bits per heavy atom. The molecular formula is C20H18FN3O3S. The first-order valence-electron chi connectivity index (χ1n) is 8.40. The summed E-state index contributed by atoms with van der Waals surface area (Å²) in [5.74, 6) is -0.0718. The third kappa shape index (κ3) is 5.62. The Morgan fingerprint density at radius 1 is 1.07 bits per heavy atom. The smallest absolute Gasteiger partial charge is 0.318 e. The number of benzene rings is 2. The molecule has 0 saturated heterocycles. The van der Waals surface area contributed by atoms with Gasteiger partial charge in [-0.15, -0.1) is 0 Å². The van der Waals surface area contributed by atoms with E-state index in [9.17, 15) is 4.39 Å². The van der Waals surface area contributed by atoms with Crippen LogP contribution in [0.1, 0.15) is 11.1 Å². The molecule has 3 rings (SSSR count). The number of rotatable bonds is 7. The number of methoxy groups -OCH3 is 1. The maximum atomic E-state index is 14.0. The maximum Gasteiger partial charge on any atom is 0.318 e. The van der Waals surface area contributed by atoms with Crippen LogP contribution in [0.3, 0.4) is 0 Å². The second-order valence-electron chi connectivity index (χ2n) is 5.68. The van der Waals surface area contributed by atoms with Crippen LogP contribution in [0.2, 0.25) is 0 Å². The highest BCUT2D eigenvalue weighted by Crippen LogP contribution is 2.17. The highest BCUT2D eigenvalue weighted by Gasteiger charge is 2.11. The molecule has 0 spiro atoms.